The van der Waals surface area contributed by atoms with E-state index < -0.39 is 0 Å². The van der Waals surface area contributed by atoms with Crippen molar-refractivity contribution in [3.8, 4) is 0 Å². The first-order valence-corrected chi connectivity index (χ1v) is 6.04. The van der Waals surface area contributed by atoms with Crippen molar-refractivity contribution >= 4 is 5.91 Å². The van der Waals surface area contributed by atoms with E-state index in [1.165, 1.54) is 0 Å². The summed E-state index contributed by atoms with van der Waals surface area (Å²) in [6, 6.07) is 0.0364. The lowest BCUT2D eigenvalue weighted by atomic mass is 10.2. The third-order valence-electron chi connectivity index (χ3n) is 2.77. The molecule has 0 spiro atoms. The fourth-order valence-corrected chi connectivity index (χ4v) is 1.40. The number of nitrogens with zero attached hydrogens (tertiary/aromatic N) is 2. The molecule has 5 nitrogen and oxygen atoms in total. The number of carbonyl (C=O) groups is 1. The van der Waals surface area contributed by atoms with Crippen molar-refractivity contribution in [1.82, 2.24) is 20.4 Å². The highest BCUT2D eigenvalue weighted by molar-refractivity contribution is 5.81. The molecule has 96 valence electrons. The summed E-state index contributed by atoms with van der Waals surface area (Å²) in [6.07, 6.45) is 4.68. The lowest BCUT2D eigenvalue weighted by molar-refractivity contribution is -0.123. The molecule has 1 amide bonds. The highest BCUT2D eigenvalue weighted by atomic mass is 16.2. The van der Waals surface area contributed by atoms with Gasteiger partial charge >= 0.3 is 0 Å². The van der Waals surface area contributed by atoms with Gasteiger partial charge in [-0.05, 0) is 20.3 Å². The first-order chi connectivity index (χ1) is 8.02. The van der Waals surface area contributed by atoms with E-state index in [1.807, 2.05) is 27.1 Å². The molecule has 0 saturated heterocycles. The number of aryl methyl sites for hydroxylation is 1. The summed E-state index contributed by atoms with van der Waals surface area (Å²) in [5.41, 5.74) is 1.08. The van der Waals surface area contributed by atoms with E-state index in [0.29, 0.717) is 6.54 Å². The number of aromatic nitrogens is 2. The molecule has 0 aliphatic heterocycles. The first-order valence-electron chi connectivity index (χ1n) is 6.04. The van der Waals surface area contributed by atoms with E-state index in [0.717, 1.165) is 12.0 Å². The van der Waals surface area contributed by atoms with Crippen LogP contribution in [0, 0.1) is 0 Å². The number of amides is 1. The van der Waals surface area contributed by atoms with Crippen molar-refractivity contribution in [2.45, 2.75) is 45.8 Å². The van der Waals surface area contributed by atoms with E-state index in [2.05, 4.69) is 22.7 Å². The Morgan fingerprint density at radius 1 is 1.53 bits per heavy atom. The van der Waals surface area contributed by atoms with Gasteiger partial charge in [0.05, 0.1) is 12.2 Å². The van der Waals surface area contributed by atoms with Crippen molar-refractivity contribution in [3.63, 3.8) is 0 Å². The SMILES string of the molecule is CCC(C)NC(=O)C(C)NCc1cnn(C)c1. The standard InChI is InChI=1S/C12H22N4O/c1-5-9(2)15-12(17)10(3)13-6-11-7-14-16(4)8-11/h7-10,13H,5-6H2,1-4H3,(H,15,17). The average Bonchev–Trinajstić information content (AvgIpc) is 2.71. The van der Waals surface area contributed by atoms with E-state index in [1.54, 1.807) is 10.9 Å². The van der Waals surface area contributed by atoms with Gasteiger partial charge in [-0.15, -0.1) is 0 Å². The van der Waals surface area contributed by atoms with Crippen LogP contribution in [0.4, 0.5) is 0 Å². The lowest BCUT2D eigenvalue weighted by Gasteiger charge is -2.17. The summed E-state index contributed by atoms with van der Waals surface area (Å²) in [4.78, 5) is 11.7. The largest absolute Gasteiger partial charge is 0.352 e. The van der Waals surface area contributed by atoms with Gasteiger partial charge in [0.1, 0.15) is 0 Å². The minimum Gasteiger partial charge on any atom is -0.352 e. The fourth-order valence-electron chi connectivity index (χ4n) is 1.40. The van der Waals surface area contributed by atoms with Gasteiger partial charge in [-0.1, -0.05) is 6.92 Å². The molecule has 0 saturated carbocycles. The molecule has 1 heterocycles. The Morgan fingerprint density at radius 3 is 2.76 bits per heavy atom. The van der Waals surface area contributed by atoms with Crippen LogP contribution in [0.2, 0.25) is 0 Å². The van der Waals surface area contributed by atoms with Gasteiger partial charge in [0.2, 0.25) is 5.91 Å². The van der Waals surface area contributed by atoms with Crippen LogP contribution in [-0.4, -0.2) is 27.8 Å². The molecular formula is C12H22N4O. The van der Waals surface area contributed by atoms with Crippen LogP contribution < -0.4 is 10.6 Å². The van der Waals surface area contributed by atoms with Gasteiger partial charge in [-0.2, -0.15) is 5.10 Å². The Morgan fingerprint density at radius 2 is 2.24 bits per heavy atom. The minimum atomic E-state index is -0.191. The molecular weight excluding hydrogens is 216 g/mol. The van der Waals surface area contributed by atoms with Crippen molar-refractivity contribution in [1.29, 1.82) is 0 Å². The predicted octanol–water partition coefficient (Wildman–Crippen LogP) is 0.813. The lowest BCUT2D eigenvalue weighted by Crippen LogP contribution is -2.45. The van der Waals surface area contributed by atoms with Crippen molar-refractivity contribution in [3.05, 3.63) is 18.0 Å². The van der Waals surface area contributed by atoms with E-state index >= 15 is 0 Å². The number of carbonyl (C=O) groups excluding carboxylic acids is 1. The van der Waals surface area contributed by atoms with Gasteiger partial charge in [-0.25, -0.2) is 0 Å². The number of hydrogen-bond donors (Lipinski definition) is 2. The van der Waals surface area contributed by atoms with E-state index in [4.69, 9.17) is 0 Å². The quantitative estimate of drug-likeness (QED) is 0.771. The zero-order valence-electron chi connectivity index (χ0n) is 11.0. The van der Waals surface area contributed by atoms with Gasteiger partial charge in [0, 0.05) is 31.4 Å². The summed E-state index contributed by atoms with van der Waals surface area (Å²) < 4.78 is 1.75. The molecule has 17 heavy (non-hydrogen) atoms. The van der Waals surface area contributed by atoms with Crippen LogP contribution in [0.5, 0.6) is 0 Å². The Labute approximate surface area is 103 Å². The summed E-state index contributed by atoms with van der Waals surface area (Å²) in [7, 11) is 1.88. The van der Waals surface area contributed by atoms with Gasteiger partial charge < -0.3 is 10.6 Å². The summed E-state index contributed by atoms with van der Waals surface area (Å²) >= 11 is 0. The maximum Gasteiger partial charge on any atom is 0.237 e. The molecule has 1 aromatic heterocycles. The monoisotopic (exact) mass is 238 g/mol. The Bertz CT molecular complexity index is 361. The van der Waals surface area contributed by atoms with Crippen LogP contribution in [0.1, 0.15) is 32.8 Å². The molecule has 2 unspecified atom stereocenters. The zero-order valence-corrected chi connectivity index (χ0v) is 11.0. The van der Waals surface area contributed by atoms with Crippen LogP contribution >= 0.6 is 0 Å². The molecule has 0 bridgehead atoms. The second-order valence-electron chi connectivity index (χ2n) is 4.44. The highest BCUT2D eigenvalue weighted by Gasteiger charge is 2.13. The zero-order chi connectivity index (χ0) is 12.8. The molecule has 5 heteroatoms. The van der Waals surface area contributed by atoms with Crippen molar-refractivity contribution < 1.29 is 4.79 Å². The minimum absolute atomic E-state index is 0.0447. The van der Waals surface area contributed by atoms with E-state index in [9.17, 15) is 4.79 Å². The third-order valence-corrected chi connectivity index (χ3v) is 2.77. The van der Waals surface area contributed by atoms with Crippen LogP contribution in [0.15, 0.2) is 12.4 Å². The van der Waals surface area contributed by atoms with Gasteiger partial charge in [0.15, 0.2) is 0 Å². The molecule has 0 aliphatic carbocycles. The maximum absolute atomic E-state index is 11.7. The number of rotatable bonds is 6. The molecule has 0 radical (unpaired) electrons. The number of nitrogens with one attached hydrogen (secondary N) is 2. The molecule has 0 aliphatic rings. The van der Waals surface area contributed by atoms with Crippen LogP contribution in [0.25, 0.3) is 0 Å². The van der Waals surface area contributed by atoms with E-state index in [-0.39, 0.29) is 18.0 Å². The predicted molar refractivity (Wildman–Crippen MR) is 67.4 cm³/mol. The summed E-state index contributed by atoms with van der Waals surface area (Å²) in [5.74, 6) is 0.0447. The Hall–Kier alpha value is -1.36. The summed E-state index contributed by atoms with van der Waals surface area (Å²) in [6.45, 7) is 6.58. The molecule has 0 aromatic carbocycles. The van der Waals surface area contributed by atoms with Crippen molar-refractivity contribution in [2.75, 3.05) is 0 Å². The average molecular weight is 238 g/mol. The van der Waals surface area contributed by atoms with Gasteiger partial charge in [0.25, 0.3) is 0 Å². The number of hydrogen-bond acceptors (Lipinski definition) is 3. The molecule has 0 fully saturated rings. The normalized spacial score (nSPS) is 14.4. The third kappa shape index (κ3) is 4.56. The smallest absolute Gasteiger partial charge is 0.237 e. The van der Waals surface area contributed by atoms with Crippen molar-refractivity contribution in [2.24, 2.45) is 7.05 Å². The topological polar surface area (TPSA) is 59.0 Å². The maximum atomic E-state index is 11.7. The molecule has 1 aromatic rings. The van der Waals surface area contributed by atoms with Crippen LogP contribution in [0.3, 0.4) is 0 Å². The molecule has 1 rings (SSSR count). The van der Waals surface area contributed by atoms with Gasteiger partial charge in [-0.3, -0.25) is 9.48 Å². The van der Waals surface area contributed by atoms with Crippen LogP contribution in [-0.2, 0) is 18.4 Å². The Balaban J connectivity index is 2.33. The molecule has 2 atom stereocenters. The fraction of sp³-hybridized carbons (Fsp3) is 0.667. The first kappa shape index (κ1) is 13.7. The second kappa shape index (κ2) is 6.39. The highest BCUT2D eigenvalue weighted by Crippen LogP contribution is 1.97. The molecule has 2 N–H and O–H groups in total. The second-order valence-corrected chi connectivity index (χ2v) is 4.44. The Kier molecular flexibility index (Phi) is 5.15. The summed E-state index contributed by atoms with van der Waals surface area (Å²) in [5, 5.41) is 10.2.